The molecule has 8 aromatic rings. The fourth-order valence-corrected chi connectivity index (χ4v) is 9.36. The number of hydrogen-bond acceptors (Lipinski definition) is 12. The molecule has 2 aliphatic heterocycles. The monoisotopic (exact) mass is 902 g/mol. The highest BCUT2D eigenvalue weighted by Crippen LogP contribution is 2.37. The molecule has 16 nitrogen and oxygen atoms in total. The first-order chi connectivity index (χ1) is 30.8. The summed E-state index contributed by atoms with van der Waals surface area (Å²) in [6.45, 7) is 7.30. The number of hydrogen-bond donors (Lipinski definition) is 3. The van der Waals surface area contributed by atoms with Gasteiger partial charge < -0.3 is 30.7 Å². The van der Waals surface area contributed by atoms with Gasteiger partial charge in [-0.2, -0.15) is 10.2 Å². The van der Waals surface area contributed by atoms with Gasteiger partial charge in [0.25, 0.3) is 0 Å². The summed E-state index contributed by atoms with van der Waals surface area (Å²) in [5, 5.41) is 18.1. The molecule has 0 spiro atoms. The molecule has 6 aromatic heterocycles. The Morgan fingerprint density at radius 2 is 1.14 bits per heavy atom. The fraction of sp³-hybridized carbons (Fsp3) is 0.273. The van der Waals surface area contributed by atoms with Crippen molar-refractivity contribution in [1.29, 1.82) is 0 Å². The van der Waals surface area contributed by atoms with Gasteiger partial charge >= 0.3 is 12.1 Å². The van der Waals surface area contributed by atoms with Crippen LogP contribution in [0.2, 0.25) is 5.15 Å². The molecule has 0 unspecified atom stereocenters. The lowest BCUT2D eigenvalue weighted by Crippen LogP contribution is -2.51. The molecule has 10 rings (SSSR count). The number of fused-ring (bicyclic) bond motifs is 2. The van der Waals surface area contributed by atoms with E-state index in [0.717, 1.165) is 97.5 Å². The molecule has 3 N–H and O–H groups in total. The average Bonchev–Trinajstić information content (AvgIpc) is 4.16. The van der Waals surface area contributed by atoms with Crippen molar-refractivity contribution in [2.75, 3.05) is 57.3 Å². The largest absolute Gasteiger partial charge is 0.352 e. The molecule has 0 bridgehead atoms. The molecule has 4 amide bonds. The summed E-state index contributed by atoms with van der Waals surface area (Å²) in [4.78, 5) is 49.7. The summed E-state index contributed by atoms with van der Waals surface area (Å²) in [7, 11) is 3.81. The Morgan fingerprint density at radius 1 is 0.651 bits per heavy atom. The summed E-state index contributed by atoms with van der Waals surface area (Å²) >= 11 is 9.27. The zero-order valence-electron chi connectivity index (χ0n) is 34.9. The molecule has 0 atom stereocenters. The van der Waals surface area contributed by atoms with Crippen molar-refractivity contribution >= 4 is 72.6 Å². The minimum atomic E-state index is -0.0219. The van der Waals surface area contributed by atoms with Gasteiger partial charge in [0.05, 0.1) is 32.8 Å². The maximum Gasteiger partial charge on any atom is 0.317 e. The Labute approximate surface area is 377 Å². The van der Waals surface area contributed by atoms with Crippen molar-refractivity contribution in [3.63, 3.8) is 0 Å². The van der Waals surface area contributed by atoms with Crippen LogP contribution in [0.25, 0.3) is 41.3 Å². The van der Waals surface area contributed by atoms with E-state index in [2.05, 4.69) is 57.0 Å². The first kappa shape index (κ1) is 43.2. The number of halogens is 1. The first-order valence-corrected chi connectivity index (χ1v) is 22.5. The Morgan fingerprint density at radius 3 is 1.65 bits per heavy atom. The second-order valence-corrected chi connectivity index (χ2v) is 17.3. The maximum atomic E-state index is 12.6. The zero-order chi connectivity index (χ0) is 43.5. The third kappa shape index (κ3) is 11.1. The SMILES string of the molecule is Cn1cc(-c2cc3ncnc(Cl)c3s2)cn1.Cn1cc(-c2cc3ncnc(N4CCN(C(=O)NCc5ccccc5)CC4)c3s2)cn1.O=C(NCc1ccccc1)N1CCNCC1. The molecule has 8 heterocycles. The number of nitrogens with one attached hydrogen (secondary N) is 3. The predicted octanol–water partition coefficient (Wildman–Crippen LogP) is 6.67. The highest BCUT2D eigenvalue weighted by molar-refractivity contribution is 7.23. The number of piperazine rings is 2. The Kier molecular flexibility index (Phi) is 14.1. The van der Waals surface area contributed by atoms with Gasteiger partial charge in [0.15, 0.2) is 0 Å². The van der Waals surface area contributed by atoms with Crippen LogP contribution in [0.3, 0.4) is 0 Å². The van der Waals surface area contributed by atoms with E-state index < -0.39 is 0 Å². The van der Waals surface area contributed by atoms with Gasteiger partial charge in [0, 0.05) is 113 Å². The van der Waals surface area contributed by atoms with E-state index >= 15 is 0 Å². The third-order valence-electron chi connectivity index (χ3n) is 10.4. The van der Waals surface area contributed by atoms with Crippen LogP contribution in [0, 0.1) is 0 Å². The van der Waals surface area contributed by atoms with Crippen LogP contribution in [-0.4, -0.2) is 114 Å². The number of urea groups is 2. The molecule has 0 radical (unpaired) electrons. The maximum absolute atomic E-state index is 12.6. The number of amides is 4. The minimum Gasteiger partial charge on any atom is -0.352 e. The van der Waals surface area contributed by atoms with Crippen molar-refractivity contribution in [3.8, 4) is 20.9 Å². The van der Waals surface area contributed by atoms with Gasteiger partial charge in [0.2, 0.25) is 0 Å². The smallest absolute Gasteiger partial charge is 0.317 e. The highest BCUT2D eigenvalue weighted by Gasteiger charge is 2.24. The number of rotatable bonds is 7. The summed E-state index contributed by atoms with van der Waals surface area (Å²) in [5.74, 6) is 0.939. The van der Waals surface area contributed by atoms with E-state index in [1.807, 2.05) is 115 Å². The average molecular weight is 904 g/mol. The molecular weight excluding hydrogens is 856 g/mol. The second-order valence-electron chi connectivity index (χ2n) is 14.8. The molecule has 2 saturated heterocycles. The Hall–Kier alpha value is -6.47. The lowest BCUT2D eigenvalue weighted by Gasteiger charge is -2.35. The van der Waals surface area contributed by atoms with Gasteiger partial charge in [-0.3, -0.25) is 9.36 Å². The minimum absolute atomic E-state index is 0.0219. The number of aryl methyl sites for hydroxylation is 2. The second kappa shape index (κ2) is 20.6. The number of nitrogens with zero attached hydrogens (tertiary/aromatic N) is 11. The van der Waals surface area contributed by atoms with Crippen LogP contribution in [0.15, 0.2) is 110 Å². The standard InChI is InChI=1S/C22H23N7OS.C12H17N3O.C10H7ClN4S/c1-27-14-17(13-26-27)19-11-18-20(31-19)21(25-15-24-18)28-7-9-29(10-8-28)22(30)23-12-16-5-3-2-4-6-16;16-12(15-8-6-13-7-9-15)14-10-11-4-2-1-3-5-11;1-15-4-6(3-14-15)8-2-7-9(16-8)10(11)13-5-12-7/h2-6,11,13-15H,7-10,12H2,1H3,(H,23,30);1-5,13H,6-10H2,(H,14,16);2-5H,1H3. The highest BCUT2D eigenvalue weighted by atomic mass is 35.5. The lowest BCUT2D eigenvalue weighted by atomic mass is 10.2. The number of anilines is 1. The van der Waals surface area contributed by atoms with Crippen molar-refractivity contribution in [1.82, 2.24) is 65.2 Å². The van der Waals surface area contributed by atoms with Gasteiger partial charge in [-0.25, -0.2) is 29.5 Å². The van der Waals surface area contributed by atoms with Gasteiger partial charge in [-0.05, 0) is 23.3 Å². The van der Waals surface area contributed by atoms with Crippen LogP contribution in [0.1, 0.15) is 11.1 Å². The Balaban J connectivity index is 0.000000143. The predicted molar refractivity (Wildman–Crippen MR) is 250 cm³/mol. The fourth-order valence-electron chi connectivity index (χ4n) is 7.03. The van der Waals surface area contributed by atoms with E-state index in [-0.39, 0.29) is 12.1 Å². The van der Waals surface area contributed by atoms with Crippen LogP contribution in [0.5, 0.6) is 0 Å². The molecule has 2 aliphatic rings. The number of carbonyl (C=O) groups is 2. The van der Waals surface area contributed by atoms with Crippen molar-refractivity contribution in [2.24, 2.45) is 14.1 Å². The molecule has 324 valence electrons. The first-order valence-electron chi connectivity index (χ1n) is 20.5. The normalized spacial score (nSPS) is 13.9. The van der Waals surface area contributed by atoms with E-state index in [4.69, 9.17) is 11.6 Å². The Bertz CT molecular complexity index is 2740. The molecule has 19 heteroatoms. The van der Waals surface area contributed by atoms with E-state index in [9.17, 15) is 9.59 Å². The van der Waals surface area contributed by atoms with Crippen molar-refractivity contribution in [3.05, 3.63) is 127 Å². The van der Waals surface area contributed by atoms with Crippen molar-refractivity contribution in [2.45, 2.75) is 13.1 Å². The number of thiophene rings is 2. The van der Waals surface area contributed by atoms with Gasteiger partial charge in [0.1, 0.15) is 23.6 Å². The molecule has 2 aromatic carbocycles. The van der Waals surface area contributed by atoms with Crippen LogP contribution < -0.4 is 20.9 Å². The van der Waals surface area contributed by atoms with E-state index in [1.54, 1.807) is 38.4 Å². The summed E-state index contributed by atoms with van der Waals surface area (Å²) in [5.41, 5.74) is 6.20. The van der Waals surface area contributed by atoms with E-state index in [0.29, 0.717) is 31.3 Å². The number of aromatic nitrogens is 8. The summed E-state index contributed by atoms with van der Waals surface area (Å²) in [6.07, 6.45) is 10.8. The van der Waals surface area contributed by atoms with Crippen LogP contribution >= 0.6 is 34.3 Å². The topological polar surface area (TPSA) is 167 Å². The molecular formula is C44H47ClN14O2S2. The van der Waals surface area contributed by atoms with Crippen LogP contribution in [-0.2, 0) is 27.2 Å². The zero-order valence-corrected chi connectivity index (χ0v) is 37.3. The molecule has 2 fully saturated rings. The van der Waals surface area contributed by atoms with Gasteiger partial charge in [-0.1, -0.05) is 72.3 Å². The lowest BCUT2D eigenvalue weighted by molar-refractivity contribution is 0.189. The molecule has 0 saturated carbocycles. The summed E-state index contributed by atoms with van der Waals surface area (Å²) in [6, 6.07) is 24.0. The third-order valence-corrected chi connectivity index (χ3v) is 13.1. The quantitative estimate of drug-likeness (QED) is 0.147. The van der Waals surface area contributed by atoms with Crippen LogP contribution in [0.4, 0.5) is 15.4 Å². The molecule has 63 heavy (non-hydrogen) atoms. The van der Waals surface area contributed by atoms with E-state index in [1.165, 1.54) is 6.33 Å². The number of carbonyl (C=O) groups excluding carboxylic acids is 2. The summed E-state index contributed by atoms with van der Waals surface area (Å²) < 4.78 is 5.56. The molecule has 0 aliphatic carbocycles. The van der Waals surface area contributed by atoms with Gasteiger partial charge in [-0.15, -0.1) is 22.7 Å². The van der Waals surface area contributed by atoms with Crippen molar-refractivity contribution < 1.29 is 9.59 Å². The number of benzene rings is 2.